The summed E-state index contributed by atoms with van der Waals surface area (Å²) in [5, 5.41) is 3.37. The van der Waals surface area contributed by atoms with E-state index < -0.39 is 5.82 Å². The van der Waals surface area contributed by atoms with Crippen molar-refractivity contribution >= 4 is 22.5 Å². The number of amides is 1. The molecule has 168 valence electrons. The van der Waals surface area contributed by atoms with E-state index in [0.717, 1.165) is 5.56 Å². The third-order valence-electron chi connectivity index (χ3n) is 5.13. The summed E-state index contributed by atoms with van der Waals surface area (Å²) >= 11 is 0. The van der Waals surface area contributed by atoms with Crippen molar-refractivity contribution in [2.45, 2.75) is 12.8 Å². The Morgan fingerprint density at radius 2 is 1.67 bits per heavy atom. The van der Waals surface area contributed by atoms with E-state index in [-0.39, 0.29) is 11.7 Å². The highest BCUT2D eigenvalue weighted by Gasteiger charge is 2.14. The topological polar surface area (TPSA) is 69.7 Å². The van der Waals surface area contributed by atoms with Crippen LogP contribution >= 0.6 is 0 Å². The second kappa shape index (κ2) is 9.99. The maximum atomic E-state index is 14.8. The highest BCUT2D eigenvalue weighted by Crippen LogP contribution is 2.37. The molecule has 1 amide bonds. The first-order valence-corrected chi connectivity index (χ1v) is 10.4. The summed E-state index contributed by atoms with van der Waals surface area (Å²) in [6.07, 6.45) is 2.49. The molecule has 4 rings (SSSR count). The Bertz CT molecular complexity index is 1280. The minimum absolute atomic E-state index is 0.0274. The number of methoxy groups -OCH3 is 2. The molecule has 6 nitrogen and oxygen atoms in total. The van der Waals surface area contributed by atoms with Crippen molar-refractivity contribution in [2.75, 3.05) is 19.5 Å². The quantitative estimate of drug-likeness (QED) is 0.373. The first kappa shape index (κ1) is 22.1. The van der Waals surface area contributed by atoms with Gasteiger partial charge in [-0.2, -0.15) is 0 Å². The molecule has 1 heterocycles. The summed E-state index contributed by atoms with van der Waals surface area (Å²) in [6, 6.07) is 19.1. The fourth-order valence-electron chi connectivity index (χ4n) is 3.44. The van der Waals surface area contributed by atoms with Gasteiger partial charge >= 0.3 is 0 Å². The molecule has 4 aromatic rings. The van der Waals surface area contributed by atoms with Crippen molar-refractivity contribution in [3.05, 3.63) is 84.3 Å². The van der Waals surface area contributed by atoms with Gasteiger partial charge in [-0.1, -0.05) is 30.3 Å². The molecule has 0 aliphatic carbocycles. The third kappa shape index (κ3) is 5.20. The van der Waals surface area contributed by atoms with Crippen LogP contribution in [0.1, 0.15) is 12.0 Å². The molecule has 0 saturated carbocycles. The number of carbonyl (C=O) groups excluding carboxylic acids is 1. The number of pyridine rings is 1. The number of anilines is 1. The van der Waals surface area contributed by atoms with Crippen molar-refractivity contribution in [2.24, 2.45) is 0 Å². The fraction of sp³-hybridized carbons (Fsp3) is 0.154. The lowest BCUT2D eigenvalue weighted by Crippen LogP contribution is -2.12. The van der Waals surface area contributed by atoms with Gasteiger partial charge in [0, 0.05) is 35.8 Å². The molecule has 0 atom stereocenters. The van der Waals surface area contributed by atoms with Crippen molar-refractivity contribution in [1.82, 2.24) is 4.98 Å². The number of hydrogen-bond acceptors (Lipinski definition) is 5. The Labute approximate surface area is 190 Å². The number of hydrogen-bond donors (Lipinski definition) is 1. The predicted octanol–water partition coefficient (Wildman–Crippen LogP) is 5.75. The SMILES string of the molecule is COc1cc2nccc(Oc3ccc(NC(=O)CCc4ccccc4)cc3F)c2cc1OC. The molecule has 1 N–H and O–H groups in total. The van der Waals surface area contributed by atoms with Crippen LogP contribution in [0.4, 0.5) is 10.1 Å². The average Bonchev–Trinajstić information content (AvgIpc) is 2.84. The monoisotopic (exact) mass is 446 g/mol. The maximum absolute atomic E-state index is 14.8. The van der Waals surface area contributed by atoms with E-state index >= 15 is 0 Å². The highest BCUT2D eigenvalue weighted by atomic mass is 19.1. The summed E-state index contributed by atoms with van der Waals surface area (Å²) in [7, 11) is 3.08. The second-order valence-corrected chi connectivity index (χ2v) is 7.31. The van der Waals surface area contributed by atoms with E-state index in [4.69, 9.17) is 14.2 Å². The molecular weight excluding hydrogens is 423 g/mol. The second-order valence-electron chi connectivity index (χ2n) is 7.31. The number of nitrogens with one attached hydrogen (secondary N) is 1. The Balaban J connectivity index is 1.48. The van der Waals surface area contributed by atoms with Gasteiger partial charge in [0.05, 0.1) is 19.7 Å². The number of ether oxygens (including phenoxy) is 3. The van der Waals surface area contributed by atoms with Crippen LogP contribution in [0.25, 0.3) is 10.9 Å². The average molecular weight is 446 g/mol. The molecule has 0 bridgehead atoms. The molecule has 0 radical (unpaired) electrons. The first-order chi connectivity index (χ1) is 16.1. The van der Waals surface area contributed by atoms with E-state index in [9.17, 15) is 9.18 Å². The lowest BCUT2D eigenvalue weighted by atomic mass is 10.1. The van der Waals surface area contributed by atoms with Crippen molar-refractivity contribution in [1.29, 1.82) is 0 Å². The summed E-state index contributed by atoms with van der Waals surface area (Å²) < 4.78 is 31.3. The lowest BCUT2D eigenvalue weighted by molar-refractivity contribution is -0.116. The van der Waals surface area contributed by atoms with Crippen molar-refractivity contribution < 1.29 is 23.4 Å². The molecular formula is C26H23FN2O4. The van der Waals surface area contributed by atoms with Crippen LogP contribution in [0.15, 0.2) is 72.9 Å². The summed E-state index contributed by atoms with van der Waals surface area (Å²) in [5.74, 6) is 0.707. The molecule has 0 saturated heterocycles. The number of nitrogens with zero attached hydrogens (tertiary/aromatic N) is 1. The lowest BCUT2D eigenvalue weighted by Gasteiger charge is -2.13. The van der Waals surface area contributed by atoms with Crippen molar-refractivity contribution in [3.63, 3.8) is 0 Å². The zero-order chi connectivity index (χ0) is 23.2. The van der Waals surface area contributed by atoms with Crippen LogP contribution in [-0.2, 0) is 11.2 Å². The standard InChI is InChI=1S/C26H23FN2O4/c1-31-24-15-19-21(16-25(24)32-2)28-13-12-22(19)33-23-10-9-18(14-20(23)27)29-26(30)11-8-17-6-4-3-5-7-17/h3-7,9-10,12-16H,8,11H2,1-2H3,(H,29,30). The smallest absolute Gasteiger partial charge is 0.224 e. The van der Waals surface area contributed by atoms with Gasteiger partial charge in [0.2, 0.25) is 5.91 Å². The summed E-state index contributed by atoms with van der Waals surface area (Å²) in [4.78, 5) is 16.6. The minimum Gasteiger partial charge on any atom is -0.493 e. The van der Waals surface area contributed by atoms with E-state index in [1.165, 1.54) is 19.2 Å². The molecule has 1 aromatic heterocycles. The van der Waals surface area contributed by atoms with Gasteiger partial charge in [0.15, 0.2) is 23.1 Å². The van der Waals surface area contributed by atoms with Gasteiger partial charge < -0.3 is 19.5 Å². The van der Waals surface area contributed by atoms with Gasteiger partial charge in [-0.15, -0.1) is 0 Å². The Morgan fingerprint density at radius 3 is 2.39 bits per heavy atom. The van der Waals surface area contributed by atoms with Gasteiger partial charge in [-0.05, 0) is 36.2 Å². The Morgan fingerprint density at radius 1 is 0.909 bits per heavy atom. The molecule has 0 aliphatic heterocycles. The normalized spacial score (nSPS) is 10.6. The van der Waals surface area contributed by atoms with E-state index in [1.807, 2.05) is 30.3 Å². The van der Waals surface area contributed by atoms with Crippen molar-refractivity contribution in [3.8, 4) is 23.0 Å². The molecule has 0 spiro atoms. The van der Waals surface area contributed by atoms with E-state index in [1.54, 1.807) is 37.6 Å². The maximum Gasteiger partial charge on any atom is 0.224 e. The fourth-order valence-corrected chi connectivity index (χ4v) is 3.44. The van der Waals surface area contributed by atoms with Crippen LogP contribution in [0.3, 0.4) is 0 Å². The molecule has 0 unspecified atom stereocenters. The minimum atomic E-state index is -0.596. The Kier molecular flexibility index (Phi) is 6.69. The third-order valence-corrected chi connectivity index (χ3v) is 5.13. The van der Waals surface area contributed by atoms with Gasteiger partial charge in [-0.25, -0.2) is 4.39 Å². The Hall–Kier alpha value is -4.13. The summed E-state index contributed by atoms with van der Waals surface area (Å²) in [6.45, 7) is 0. The van der Waals surface area contributed by atoms with Gasteiger partial charge in [0.1, 0.15) is 5.75 Å². The molecule has 0 aliphatic rings. The van der Waals surface area contributed by atoms with Crippen LogP contribution in [0.2, 0.25) is 0 Å². The number of rotatable bonds is 8. The van der Waals surface area contributed by atoms with Crippen LogP contribution in [0, 0.1) is 5.82 Å². The molecule has 7 heteroatoms. The van der Waals surface area contributed by atoms with Gasteiger partial charge in [-0.3, -0.25) is 9.78 Å². The molecule has 33 heavy (non-hydrogen) atoms. The highest BCUT2D eigenvalue weighted by molar-refractivity contribution is 5.91. The van der Waals surface area contributed by atoms with E-state index in [0.29, 0.717) is 46.7 Å². The molecule has 0 fully saturated rings. The zero-order valence-electron chi connectivity index (χ0n) is 18.3. The first-order valence-electron chi connectivity index (χ1n) is 10.4. The number of aromatic nitrogens is 1. The van der Waals surface area contributed by atoms with Crippen LogP contribution < -0.4 is 19.5 Å². The largest absolute Gasteiger partial charge is 0.493 e. The zero-order valence-corrected chi connectivity index (χ0v) is 18.3. The van der Waals surface area contributed by atoms with Gasteiger partial charge in [0.25, 0.3) is 0 Å². The molecule has 3 aromatic carbocycles. The number of halogens is 1. The number of fused-ring (bicyclic) bond motifs is 1. The number of carbonyl (C=O) groups is 1. The van der Waals surface area contributed by atoms with Crippen LogP contribution in [0.5, 0.6) is 23.0 Å². The number of aryl methyl sites for hydroxylation is 1. The van der Waals surface area contributed by atoms with Crippen LogP contribution in [-0.4, -0.2) is 25.1 Å². The van der Waals surface area contributed by atoms with E-state index in [2.05, 4.69) is 10.3 Å². The summed E-state index contributed by atoms with van der Waals surface area (Å²) in [5.41, 5.74) is 2.05. The number of benzene rings is 3. The predicted molar refractivity (Wildman–Crippen MR) is 125 cm³/mol.